The van der Waals surface area contributed by atoms with Crippen LogP contribution in [-0.4, -0.2) is 61.3 Å². The third-order valence-electron chi connectivity index (χ3n) is 6.66. The van der Waals surface area contributed by atoms with Crippen LogP contribution < -0.4 is 4.90 Å². The lowest BCUT2D eigenvalue weighted by Gasteiger charge is -2.44. The van der Waals surface area contributed by atoms with Gasteiger partial charge >= 0.3 is 6.09 Å². The molecule has 0 N–H and O–H groups in total. The van der Waals surface area contributed by atoms with Crippen LogP contribution in [0, 0.1) is 11.3 Å². The molecule has 4 aromatic rings. The van der Waals surface area contributed by atoms with Crippen molar-refractivity contribution in [2.75, 3.05) is 18.0 Å². The van der Waals surface area contributed by atoms with Gasteiger partial charge in [0, 0.05) is 43.1 Å². The molecular weight excluding hydrogens is 478 g/mol. The zero-order chi connectivity index (χ0) is 27.0. The summed E-state index contributed by atoms with van der Waals surface area (Å²) in [4.78, 5) is 30.9. The van der Waals surface area contributed by atoms with Crippen LogP contribution in [0.5, 0.6) is 0 Å². The molecule has 0 spiro atoms. The Morgan fingerprint density at radius 3 is 2.53 bits per heavy atom. The van der Waals surface area contributed by atoms with Gasteiger partial charge in [-0.1, -0.05) is 30.3 Å². The van der Waals surface area contributed by atoms with Crippen molar-refractivity contribution in [2.45, 2.75) is 52.3 Å². The summed E-state index contributed by atoms with van der Waals surface area (Å²) in [5, 5.41) is 10.3. The highest BCUT2D eigenvalue weighted by Crippen LogP contribution is 2.38. The molecule has 1 saturated heterocycles. The quantitative estimate of drug-likeness (QED) is 0.375. The number of anilines is 1. The van der Waals surface area contributed by atoms with Crippen LogP contribution >= 0.6 is 0 Å². The molecule has 1 aliphatic rings. The van der Waals surface area contributed by atoms with E-state index in [9.17, 15) is 10.1 Å². The summed E-state index contributed by atoms with van der Waals surface area (Å²) in [6.07, 6.45) is 4.90. The number of carbonyl (C=O) groups is 1. The first kappa shape index (κ1) is 25.2. The minimum Gasteiger partial charge on any atom is -0.444 e. The number of hydrogen-bond donors (Lipinski definition) is 0. The molecule has 4 heterocycles. The second-order valence-corrected chi connectivity index (χ2v) is 10.7. The predicted molar refractivity (Wildman–Crippen MR) is 146 cm³/mol. The molecule has 2 atom stereocenters. The van der Waals surface area contributed by atoms with E-state index in [2.05, 4.69) is 40.0 Å². The van der Waals surface area contributed by atoms with Crippen LogP contribution in [0.4, 0.5) is 10.6 Å². The molecule has 0 aliphatic carbocycles. The van der Waals surface area contributed by atoms with E-state index in [1.807, 2.05) is 56.7 Å². The molecule has 0 radical (unpaired) electrons. The topological polar surface area (TPSA) is 100 Å². The van der Waals surface area contributed by atoms with Crippen molar-refractivity contribution >= 4 is 22.9 Å². The standard InChI is InChI=1S/C29H31N7O2/c1-19-16-35(28(37)38-29(3,4)5)20(2)15-34(19)26-25-23(22-9-7-6-8-10-22)17-36(27(25)33-18-32-26)24-13-21(14-30)11-12-31-24/h6-13,17-20H,15-16H2,1-5H3/t19-,20+/m0/s1. The summed E-state index contributed by atoms with van der Waals surface area (Å²) in [6, 6.07) is 15.6. The molecule has 0 unspecified atom stereocenters. The van der Waals surface area contributed by atoms with Gasteiger partial charge in [0.05, 0.1) is 17.0 Å². The fourth-order valence-electron chi connectivity index (χ4n) is 4.89. The Labute approximate surface area is 222 Å². The second kappa shape index (κ2) is 9.78. The number of rotatable bonds is 3. The molecule has 9 heteroatoms. The maximum atomic E-state index is 12.9. The molecule has 1 aromatic carbocycles. The summed E-state index contributed by atoms with van der Waals surface area (Å²) in [5.74, 6) is 1.41. The highest BCUT2D eigenvalue weighted by atomic mass is 16.6. The van der Waals surface area contributed by atoms with Crippen LogP contribution in [0.2, 0.25) is 0 Å². The molecule has 0 saturated carbocycles. The van der Waals surface area contributed by atoms with Crippen molar-refractivity contribution in [3.05, 3.63) is 66.7 Å². The number of nitriles is 1. The van der Waals surface area contributed by atoms with Crippen molar-refractivity contribution in [3.8, 4) is 23.0 Å². The predicted octanol–water partition coefficient (Wildman–Crippen LogP) is 5.19. The van der Waals surface area contributed by atoms with Crippen LogP contribution in [0.15, 0.2) is 61.2 Å². The Morgan fingerprint density at radius 1 is 1.05 bits per heavy atom. The first-order chi connectivity index (χ1) is 18.2. The first-order valence-corrected chi connectivity index (χ1v) is 12.7. The van der Waals surface area contributed by atoms with E-state index < -0.39 is 5.60 Å². The number of piperazine rings is 1. The zero-order valence-corrected chi connectivity index (χ0v) is 22.3. The molecule has 194 valence electrons. The van der Waals surface area contributed by atoms with Crippen LogP contribution in [0.1, 0.15) is 40.2 Å². The number of aromatic nitrogens is 4. The number of nitrogens with zero attached hydrogens (tertiary/aromatic N) is 7. The lowest BCUT2D eigenvalue weighted by molar-refractivity contribution is 0.0130. The molecule has 1 aliphatic heterocycles. The minimum absolute atomic E-state index is 0.0103. The molecule has 5 rings (SSSR count). The Bertz CT molecular complexity index is 1520. The Kier molecular flexibility index (Phi) is 6.49. The molecule has 38 heavy (non-hydrogen) atoms. The Balaban J connectivity index is 1.61. The van der Waals surface area contributed by atoms with Gasteiger partial charge in [0.1, 0.15) is 23.6 Å². The van der Waals surface area contributed by atoms with Gasteiger partial charge in [-0.2, -0.15) is 5.26 Å². The van der Waals surface area contributed by atoms with E-state index in [0.717, 1.165) is 22.3 Å². The summed E-state index contributed by atoms with van der Waals surface area (Å²) in [7, 11) is 0. The summed E-state index contributed by atoms with van der Waals surface area (Å²) >= 11 is 0. The van der Waals surface area contributed by atoms with Crippen molar-refractivity contribution in [3.63, 3.8) is 0 Å². The maximum Gasteiger partial charge on any atom is 0.410 e. The molecular formula is C29H31N7O2. The number of pyridine rings is 1. The zero-order valence-electron chi connectivity index (χ0n) is 22.3. The second-order valence-electron chi connectivity index (χ2n) is 10.7. The fraction of sp³-hybridized carbons (Fsp3) is 0.345. The van der Waals surface area contributed by atoms with Gasteiger partial charge in [-0.3, -0.25) is 4.57 Å². The number of hydrogen-bond acceptors (Lipinski definition) is 7. The van der Waals surface area contributed by atoms with Gasteiger partial charge in [0.15, 0.2) is 5.65 Å². The normalized spacial score (nSPS) is 17.9. The van der Waals surface area contributed by atoms with E-state index in [1.165, 1.54) is 0 Å². The average molecular weight is 510 g/mol. The van der Waals surface area contributed by atoms with Gasteiger partial charge in [0.2, 0.25) is 0 Å². The van der Waals surface area contributed by atoms with Gasteiger partial charge in [-0.05, 0) is 52.3 Å². The summed E-state index contributed by atoms with van der Waals surface area (Å²) < 4.78 is 7.58. The van der Waals surface area contributed by atoms with E-state index in [0.29, 0.717) is 30.1 Å². The number of ether oxygens (including phenoxy) is 1. The molecule has 1 amide bonds. The number of amides is 1. The van der Waals surface area contributed by atoms with Crippen LogP contribution in [0.3, 0.4) is 0 Å². The first-order valence-electron chi connectivity index (χ1n) is 12.7. The third-order valence-corrected chi connectivity index (χ3v) is 6.66. The highest BCUT2D eigenvalue weighted by Gasteiger charge is 2.36. The monoisotopic (exact) mass is 509 g/mol. The fourth-order valence-corrected chi connectivity index (χ4v) is 4.89. The van der Waals surface area contributed by atoms with Crippen molar-refractivity contribution in [1.82, 2.24) is 24.4 Å². The lowest BCUT2D eigenvalue weighted by Crippen LogP contribution is -2.59. The smallest absolute Gasteiger partial charge is 0.410 e. The van der Waals surface area contributed by atoms with Crippen molar-refractivity contribution in [2.24, 2.45) is 0 Å². The summed E-state index contributed by atoms with van der Waals surface area (Å²) in [6.45, 7) is 10.9. The molecule has 9 nitrogen and oxygen atoms in total. The van der Waals surface area contributed by atoms with Gasteiger partial charge in [-0.15, -0.1) is 0 Å². The molecule has 1 fully saturated rings. The minimum atomic E-state index is -0.555. The van der Waals surface area contributed by atoms with Crippen LogP contribution in [-0.2, 0) is 4.74 Å². The number of carbonyl (C=O) groups excluding carboxylic acids is 1. The van der Waals surface area contributed by atoms with E-state index in [1.54, 1.807) is 29.6 Å². The molecule has 0 bridgehead atoms. The highest BCUT2D eigenvalue weighted by molar-refractivity contribution is 6.02. The van der Waals surface area contributed by atoms with Gasteiger partial charge in [-0.25, -0.2) is 19.7 Å². The average Bonchev–Trinajstić information content (AvgIpc) is 3.29. The Morgan fingerprint density at radius 2 is 1.82 bits per heavy atom. The van der Waals surface area contributed by atoms with Crippen molar-refractivity contribution in [1.29, 1.82) is 5.26 Å². The maximum absolute atomic E-state index is 12.9. The summed E-state index contributed by atoms with van der Waals surface area (Å²) in [5.41, 5.74) is 2.66. The number of benzene rings is 1. The third kappa shape index (κ3) is 4.77. The largest absolute Gasteiger partial charge is 0.444 e. The van der Waals surface area contributed by atoms with E-state index >= 15 is 0 Å². The number of fused-ring (bicyclic) bond motifs is 1. The van der Waals surface area contributed by atoms with E-state index in [-0.39, 0.29) is 18.2 Å². The van der Waals surface area contributed by atoms with Gasteiger partial charge in [0.25, 0.3) is 0 Å². The van der Waals surface area contributed by atoms with E-state index in [4.69, 9.17) is 9.72 Å². The van der Waals surface area contributed by atoms with Crippen LogP contribution in [0.25, 0.3) is 28.0 Å². The molecule has 3 aromatic heterocycles. The Hall–Kier alpha value is -4.45. The lowest BCUT2D eigenvalue weighted by atomic mass is 10.0. The SMILES string of the molecule is C[C@@H]1CN(c2ncnc3c2c(-c2ccccc2)cn3-c2cc(C#N)ccn2)[C@@H](C)CN1C(=O)OC(C)(C)C. The van der Waals surface area contributed by atoms with Crippen molar-refractivity contribution < 1.29 is 9.53 Å². The van der Waals surface area contributed by atoms with Gasteiger partial charge < -0.3 is 14.5 Å².